The van der Waals surface area contributed by atoms with E-state index in [0.717, 1.165) is 52.7 Å². The molecule has 0 saturated carbocycles. The Labute approximate surface area is 246 Å². The number of rotatable bonds is 8. The molecule has 2 heterocycles. The summed E-state index contributed by atoms with van der Waals surface area (Å²) in [5, 5.41) is 11.6. The summed E-state index contributed by atoms with van der Waals surface area (Å²) in [6.45, 7) is 3.78. The lowest BCUT2D eigenvalue weighted by molar-refractivity contribution is -0.137. The Morgan fingerprint density at radius 2 is 1.48 bits per heavy atom. The lowest BCUT2D eigenvalue weighted by Crippen LogP contribution is -2.33. The molecular formula is C34H30F3NO3S. The van der Waals surface area contributed by atoms with Crippen LogP contribution in [0.25, 0.3) is 31.7 Å². The SMILES string of the molecule is Oc1ccc2c(Oc3ccc(OCCN4CCCCC4)cc3)c(-c3ccc(-c4ccccc4C(F)(F)F)s3)ccc2c1. The highest BCUT2D eigenvalue weighted by atomic mass is 32.1. The predicted molar refractivity (Wildman–Crippen MR) is 162 cm³/mol. The molecule has 4 aromatic carbocycles. The minimum Gasteiger partial charge on any atom is -0.508 e. The standard InChI is InChI=1S/C34H30F3NO3S/c35-34(36,37)30-7-3-2-6-28(30)31-16-17-32(42-31)29-14-8-23-22-24(39)9-15-27(23)33(29)41-26-12-10-25(11-13-26)40-21-20-38-18-4-1-5-19-38/h2-3,6-17,22,39H,1,4-5,18-21H2. The third kappa shape index (κ3) is 6.25. The number of alkyl halides is 3. The van der Waals surface area contributed by atoms with Gasteiger partial charge in [-0.1, -0.05) is 30.7 Å². The first kappa shape index (κ1) is 28.1. The molecule has 1 aliphatic rings. The highest BCUT2D eigenvalue weighted by Gasteiger charge is 2.33. The van der Waals surface area contributed by atoms with Crippen molar-refractivity contribution in [3.8, 4) is 43.9 Å². The molecule has 1 N–H and O–H groups in total. The van der Waals surface area contributed by atoms with Gasteiger partial charge in [0.1, 0.15) is 29.6 Å². The van der Waals surface area contributed by atoms with Crippen LogP contribution in [-0.4, -0.2) is 36.2 Å². The van der Waals surface area contributed by atoms with Crippen molar-refractivity contribution >= 4 is 22.1 Å². The second-order valence-corrected chi connectivity index (χ2v) is 11.5. The van der Waals surface area contributed by atoms with Crippen LogP contribution in [0.5, 0.6) is 23.0 Å². The summed E-state index contributed by atoms with van der Waals surface area (Å²) in [5.74, 6) is 2.05. The number of hydrogen-bond acceptors (Lipinski definition) is 5. The van der Waals surface area contributed by atoms with Crippen molar-refractivity contribution in [2.75, 3.05) is 26.2 Å². The molecule has 0 unspecified atom stereocenters. The number of thiophene rings is 1. The first-order chi connectivity index (χ1) is 20.3. The molecule has 0 amide bonds. The number of nitrogens with zero attached hydrogens (tertiary/aromatic N) is 1. The van der Waals surface area contributed by atoms with E-state index in [0.29, 0.717) is 23.0 Å². The van der Waals surface area contributed by atoms with Crippen LogP contribution in [0.1, 0.15) is 24.8 Å². The average Bonchev–Trinajstić information content (AvgIpc) is 3.48. The smallest absolute Gasteiger partial charge is 0.417 e. The molecule has 216 valence electrons. The summed E-state index contributed by atoms with van der Waals surface area (Å²) in [6.07, 6.45) is -0.660. The molecule has 1 aromatic heterocycles. The van der Waals surface area contributed by atoms with Crippen molar-refractivity contribution in [3.05, 3.63) is 96.6 Å². The van der Waals surface area contributed by atoms with E-state index < -0.39 is 11.7 Å². The zero-order chi connectivity index (χ0) is 29.1. The molecule has 6 rings (SSSR count). The number of ether oxygens (including phenoxy) is 2. The van der Waals surface area contributed by atoms with Crippen molar-refractivity contribution in [1.29, 1.82) is 0 Å². The van der Waals surface area contributed by atoms with E-state index in [1.54, 1.807) is 30.3 Å². The maximum atomic E-state index is 13.7. The van der Waals surface area contributed by atoms with Gasteiger partial charge in [-0.25, -0.2) is 0 Å². The van der Waals surface area contributed by atoms with Crippen molar-refractivity contribution < 1.29 is 27.8 Å². The number of phenols is 1. The predicted octanol–water partition coefficient (Wildman–Crippen LogP) is 9.62. The van der Waals surface area contributed by atoms with Crippen LogP contribution in [0.2, 0.25) is 0 Å². The second kappa shape index (κ2) is 12.1. The Bertz CT molecular complexity index is 1670. The number of phenolic OH excluding ortho intramolecular Hbond substituents is 1. The molecule has 8 heteroatoms. The van der Waals surface area contributed by atoms with Gasteiger partial charge in [-0.2, -0.15) is 13.2 Å². The lowest BCUT2D eigenvalue weighted by Gasteiger charge is -2.26. The van der Waals surface area contributed by atoms with E-state index >= 15 is 0 Å². The fraction of sp³-hybridized carbons (Fsp3) is 0.235. The number of halogens is 3. The van der Waals surface area contributed by atoms with Crippen LogP contribution in [0.15, 0.2) is 91.0 Å². The Hall–Kier alpha value is -4.01. The summed E-state index contributed by atoms with van der Waals surface area (Å²) >= 11 is 1.28. The Balaban J connectivity index is 1.28. The number of benzene rings is 4. The Kier molecular flexibility index (Phi) is 8.09. The maximum absolute atomic E-state index is 13.7. The molecule has 0 aliphatic carbocycles. The molecule has 5 aromatic rings. The maximum Gasteiger partial charge on any atom is 0.417 e. The monoisotopic (exact) mass is 589 g/mol. The van der Waals surface area contributed by atoms with Crippen molar-refractivity contribution in [2.45, 2.75) is 25.4 Å². The molecule has 1 fully saturated rings. The molecule has 4 nitrogen and oxygen atoms in total. The highest BCUT2D eigenvalue weighted by Crippen LogP contribution is 2.46. The van der Waals surface area contributed by atoms with Gasteiger partial charge in [0, 0.05) is 32.8 Å². The summed E-state index contributed by atoms with van der Waals surface area (Å²) in [5.41, 5.74) is 0.225. The van der Waals surface area contributed by atoms with Crippen molar-refractivity contribution in [2.24, 2.45) is 0 Å². The first-order valence-corrected chi connectivity index (χ1v) is 14.8. The minimum absolute atomic E-state index is 0.134. The number of hydrogen-bond donors (Lipinski definition) is 1. The Morgan fingerprint density at radius 1 is 0.762 bits per heavy atom. The molecule has 0 atom stereocenters. The number of likely N-dealkylation sites (tertiary alicyclic amines) is 1. The van der Waals surface area contributed by atoms with Crippen molar-refractivity contribution in [3.63, 3.8) is 0 Å². The topological polar surface area (TPSA) is 41.9 Å². The average molecular weight is 590 g/mol. The van der Waals surface area contributed by atoms with Gasteiger partial charge in [0.15, 0.2) is 0 Å². The van der Waals surface area contributed by atoms with Crippen molar-refractivity contribution in [1.82, 2.24) is 4.90 Å². The van der Waals surface area contributed by atoms with E-state index in [9.17, 15) is 18.3 Å². The Morgan fingerprint density at radius 3 is 2.24 bits per heavy atom. The van der Waals surface area contributed by atoms with Gasteiger partial charge in [0.05, 0.1) is 5.56 Å². The van der Waals surface area contributed by atoms with Gasteiger partial charge in [-0.3, -0.25) is 4.90 Å². The van der Waals surface area contributed by atoms with E-state index in [-0.39, 0.29) is 11.3 Å². The lowest BCUT2D eigenvalue weighted by atomic mass is 10.0. The largest absolute Gasteiger partial charge is 0.508 e. The normalized spacial score (nSPS) is 14.3. The van der Waals surface area contributed by atoms with E-state index in [1.807, 2.05) is 42.5 Å². The quantitative estimate of drug-likeness (QED) is 0.196. The molecule has 42 heavy (non-hydrogen) atoms. The van der Waals surface area contributed by atoms with E-state index in [2.05, 4.69) is 4.90 Å². The summed E-state index contributed by atoms with van der Waals surface area (Å²) in [6, 6.07) is 25.4. The summed E-state index contributed by atoms with van der Waals surface area (Å²) in [7, 11) is 0. The van der Waals surface area contributed by atoms with Crippen LogP contribution < -0.4 is 9.47 Å². The molecule has 0 spiro atoms. The van der Waals surface area contributed by atoms with Crippen LogP contribution in [-0.2, 0) is 6.18 Å². The van der Waals surface area contributed by atoms with Gasteiger partial charge in [-0.15, -0.1) is 11.3 Å². The summed E-state index contributed by atoms with van der Waals surface area (Å²) < 4.78 is 53.5. The van der Waals surface area contributed by atoms with Gasteiger partial charge in [0.2, 0.25) is 0 Å². The zero-order valence-electron chi connectivity index (χ0n) is 22.9. The number of aromatic hydroxyl groups is 1. The third-order valence-corrected chi connectivity index (χ3v) is 8.64. The number of fused-ring (bicyclic) bond motifs is 1. The molecule has 0 radical (unpaired) electrons. The van der Waals surface area contributed by atoms with Gasteiger partial charge in [0.25, 0.3) is 0 Å². The molecule has 0 bridgehead atoms. The first-order valence-electron chi connectivity index (χ1n) is 14.0. The fourth-order valence-corrected chi connectivity index (χ4v) is 6.43. The highest BCUT2D eigenvalue weighted by molar-refractivity contribution is 7.18. The summed E-state index contributed by atoms with van der Waals surface area (Å²) in [4.78, 5) is 3.71. The van der Waals surface area contributed by atoms with Crippen LogP contribution >= 0.6 is 11.3 Å². The minimum atomic E-state index is -4.45. The molecule has 1 saturated heterocycles. The second-order valence-electron chi connectivity index (χ2n) is 10.4. The van der Waals surface area contributed by atoms with Crippen LogP contribution in [0, 0.1) is 0 Å². The van der Waals surface area contributed by atoms with E-state index in [4.69, 9.17) is 9.47 Å². The van der Waals surface area contributed by atoms with Gasteiger partial charge < -0.3 is 14.6 Å². The zero-order valence-corrected chi connectivity index (χ0v) is 23.7. The third-order valence-electron chi connectivity index (χ3n) is 7.49. The van der Waals surface area contributed by atoms with E-state index in [1.165, 1.54) is 42.7 Å². The van der Waals surface area contributed by atoms with Crippen LogP contribution in [0.3, 0.4) is 0 Å². The van der Waals surface area contributed by atoms with Crippen LogP contribution in [0.4, 0.5) is 13.2 Å². The molecule has 1 aliphatic heterocycles. The van der Waals surface area contributed by atoms with Gasteiger partial charge in [-0.05, 0) is 98.0 Å². The molecular weight excluding hydrogens is 559 g/mol. The fourth-order valence-electron chi connectivity index (χ4n) is 5.36. The van der Waals surface area contributed by atoms with Gasteiger partial charge >= 0.3 is 6.18 Å². The number of piperidine rings is 1.